The molecule has 3 heteroatoms. The summed E-state index contributed by atoms with van der Waals surface area (Å²) in [6, 6.07) is 9.08. The highest BCUT2D eigenvalue weighted by Gasteiger charge is 2.25. The Kier molecular flexibility index (Phi) is 5.16. The fourth-order valence-corrected chi connectivity index (χ4v) is 1.68. The SMILES string of the molecule is CCCCC(C)(CO)NC(=O)c1ccccc1. The maximum Gasteiger partial charge on any atom is 0.251 e. The molecular weight excluding hydrogens is 214 g/mol. The van der Waals surface area contributed by atoms with Gasteiger partial charge in [0, 0.05) is 5.56 Å². The third kappa shape index (κ3) is 4.19. The lowest BCUT2D eigenvalue weighted by Crippen LogP contribution is -2.48. The second-order valence-electron chi connectivity index (χ2n) is 4.64. The molecule has 0 heterocycles. The van der Waals surface area contributed by atoms with Gasteiger partial charge in [0.15, 0.2) is 0 Å². The van der Waals surface area contributed by atoms with E-state index in [0.717, 1.165) is 19.3 Å². The molecule has 0 saturated heterocycles. The average Bonchev–Trinajstić information content (AvgIpc) is 2.37. The molecule has 1 rings (SSSR count). The van der Waals surface area contributed by atoms with E-state index in [1.807, 2.05) is 25.1 Å². The topological polar surface area (TPSA) is 49.3 Å². The van der Waals surface area contributed by atoms with Crippen LogP contribution >= 0.6 is 0 Å². The largest absolute Gasteiger partial charge is 0.394 e. The van der Waals surface area contributed by atoms with Gasteiger partial charge in [0.1, 0.15) is 0 Å². The summed E-state index contributed by atoms with van der Waals surface area (Å²) in [5, 5.41) is 12.3. The number of rotatable bonds is 6. The number of aliphatic hydroxyl groups excluding tert-OH is 1. The molecule has 0 aliphatic heterocycles. The summed E-state index contributed by atoms with van der Waals surface area (Å²) in [4.78, 5) is 12.0. The number of unbranched alkanes of at least 4 members (excludes halogenated alkanes) is 1. The van der Waals surface area contributed by atoms with Crippen molar-refractivity contribution in [1.82, 2.24) is 5.32 Å². The van der Waals surface area contributed by atoms with E-state index in [4.69, 9.17) is 0 Å². The van der Waals surface area contributed by atoms with Crippen LogP contribution in [-0.4, -0.2) is 23.2 Å². The van der Waals surface area contributed by atoms with Crippen molar-refractivity contribution in [2.24, 2.45) is 0 Å². The van der Waals surface area contributed by atoms with Crippen LogP contribution in [0.25, 0.3) is 0 Å². The zero-order valence-corrected chi connectivity index (χ0v) is 10.6. The first-order valence-electron chi connectivity index (χ1n) is 6.10. The van der Waals surface area contributed by atoms with Crippen molar-refractivity contribution in [2.75, 3.05) is 6.61 Å². The van der Waals surface area contributed by atoms with Gasteiger partial charge in [0.2, 0.25) is 0 Å². The van der Waals surface area contributed by atoms with Crippen molar-refractivity contribution in [2.45, 2.75) is 38.6 Å². The minimum absolute atomic E-state index is 0.0361. The number of carbonyl (C=O) groups is 1. The van der Waals surface area contributed by atoms with Crippen molar-refractivity contribution in [3.63, 3.8) is 0 Å². The number of carbonyl (C=O) groups excluding carboxylic acids is 1. The van der Waals surface area contributed by atoms with E-state index in [2.05, 4.69) is 12.2 Å². The maximum absolute atomic E-state index is 12.0. The van der Waals surface area contributed by atoms with Crippen LogP contribution in [0.3, 0.4) is 0 Å². The Morgan fingerprint density at radius 1 is 1.35 bits per heavy atom. The molecule has 94 valence electrons. The Balaban J connectivity index is 2.65. The van der Waals surface area contributed by atoms with Crippen molar-refractivity contribution in [3.8, 4) is 0 Å². The van der Waals surface area contributed by atoms with E-state index in [1.54, 1.807) is 12.1 Å². The van der Waals surface area contributed by atoms with E-state index < -0.39 is 5.54 Å². The molecule has 1 aromatic rings. The van der Waals surface area contributed by atoms with Crippen LogP contribution in [0.15, 0.2) is 30.3 Å². The smallest absolute Gasteiger partial charge is 0.251 e. The molecule has 0 aliphatic carbocycles. The van der Waals surface area contributed by atoms with Crippen molar-refractivity contribution in [1.29, 1.82) is 0 Å². The summed E-state index contributed by atoms with van der Waals surface area (Å²) in [5.74, 6) is -0.127. The second-order valence-corrected chi connectivity index (χ2v) is 4.64. The second kappa shape index (κ2) is 6.40. The molecule has 1 unspecified atom stereocenters. The number of hydrogen-bond donors (Lipinski definition) is 2. The van der Waals surface area contributed by atoms with E-state index in [1.165, 1.54) is 0 Å². The van der Waals surface area contributed by atoms with Gasteiger partial charge >= 0.3 is 0 Å². The first-order valence-corrected chi connectivity index (χ1v) is 6.10. The van der Waals surface area contributed by atoms with Gasteiger partial charge in [-0.3, -0.25) is 4.79 Å². The predicted molar refractivity (Wildman–Crippen MR) is 68.9 cm³/mol. The maximum atomic E-state index is 12.0. The molecule has 0 radical (unpaired) electrons. The normalized spacial score (nSPS) is 14.1. The summed E-state index contributed by atoms with van der Waals surface area (Å²) < 4.78 is 0. The summed E-state index contributed by atoms with van der Waals surface area (Å²) in [7, 11) is 0. The molecule has 0 spiro atoms. The number of amides is 1. The number of benzene rings is 1. The molecule has 2 N–H and O–H groups in total. The van der Waals surface area contributed by atoms with Crippen LogP contribution in [0.1, 0.15) is 43.5 Å². The molecule has 0 saturated carbocycles. The fourth-order valence-electron chi connectivity index (χ4n) is 1.68. The van der Waals surface area contributed by atoms with E-state index in [9.17, 15) is 9.90 Å². The zero-order valence-electron chi connectivity index (χ0n) is 10.6. The molecule has 0 aromatic heterocycles. The standard InChI is InChI=1S/C14H21NO2/c1-3-4-10-14(2,11-16)15-13(17)12-8-6-5-7-9-12/h5-9,16H,3-4,10-11H2,1-2H3,(H,15,17). The molecule has 0 aliphatic rings. The highest BCUT2D eigenvalue weighted by Crippen LogP contribution is 2.14. The van der Waals surface area contributed by atoms with Crippen LogP contribution in [-0.2, 0) is 0 Å². The summed E-state index contributed by atoms with van der Waals surface area (Å²) in [6.45, 7) is 3.94. The van der Waals surface area contributed by atoms with Crippen molar-refractivity contribution in [3.05, 3.63) is 35.9 Å². The zero-order chi connectivity index (χ0) is 12.7. The number of nitrogens with one attached hydrogen (secondary N) is 1. The monoisotopic (exact) mass is 235 g/mol. The highest BCUT2D eigenvalue weighted by molar-refractivity contribution is 5.94. The number of hydrogen-bond acceptors (Lipinski definition) is 2. The number of aliphatic hydroxyl groups is 1. The summed E-state index contributed by atoms with van der Waals surface area (Å²) in [5.41, 5.74) is 0.104. The molecular formula is C14H21NO2. The predicted octanol–water partition coefficient (Wildman–Crippen LogP) is 2.36. The molecule has 1 aromatic carbocycles. The van der Waals surface area contributed by atoms with Crippen LogP contribution < -0.4 is 5.32 Å². The first kappa shape index (κ1) is 13.7. The lowest BCUT2D eigenvalue weighted by atomic mass is 9.95. The molecule has 0 fully saturated rings. The van der Waals surface area contributed by atoms with E-state index in [-0.39, 0.29) is 12.5 Å². The van der Waals surface area contributed by atoms with Crippen LogP contribution in [0.4, 0.5) is 0 Å². The quantitative estimate of drug-likeness (QED) is 0.795. The lowest BCUT2D eigenvalue weighted by Gasteiger charge is -2.28. The van der Waals surface area contributed by atoms with E-state index >= 15 is 0 Å². The molecule has 0 bridgehead atoms. The third-order valence-electron chi connectivity index (χ3n) is 2.88. The van der Waals surface area contributed by atoms with Gasteiger partial charge in [-0.2, -0.15) is 0 Å². The van der Waals surface area contributed by atoms with Gasteiger partial charge in [-0.25, -0.2) is 0 Å². The summed E-state index contributed by atoms with van der Waals surface area (Å²) >= 11 is 0. The van der Waals surface area contributed by atoms with Crippen LogP contribution in [0, 0.1) is 0 Å². The molecule has 1 atom stereocenters. The van der Waals surface area contributed by atoms with Gasteiger partial charge in [0.25, 0.3) is 5.91 Å². The average molecular weight is 235 g/mol. The lowest BCUT2D eigenvalue weighted by molar-refractivity contribution is 0.0839. The van der Waals surface area contributed by atoms with Gasteiger partial charge in [0.05, 0.1) is 12.1 Å². The molecule has 17 heavy (non-hydrogen) atoms. The Morgan fingerprint density at radius 2 is 2.00 bits per heavy atom. The van der Waals surface area contributed by atoms with Gasteiger partial charge in [-0.1, -0.05) is 38.0 Å². The Hall–Kier alpha value is -1.35. The minimum atomic E-state index is -0.525. The van der Waals surface area contributed by atoms with Crippen molar-refractivity contribution >= 4 is 5.91 Å². The van der Waals surface area contributed by atoms with E-state index in [0.29, 0.717) is 5.56 Å². The summed E-state index contributed by atoms with van der Waals surface area (Å²) in [6.07, 6.45) is 2.83. The van der Waals surface area contributed by atoms with Gasteiger partial charge < -0.3 is 10.4 Å². The van der Waals surface area contributed by atoms with Crippen LogP contribution in [0.2, 0.25) is 0 Å². The Morgan fingerprint density at radius 3 is 2.53 bits per heavy atom. The molecule has 3 nitrogen and oxygen atoms in total. The Labute approximate surface area is 103 Å². The van der Waals surface area contributed by atoms with Gasteiger partial charge in [-0.05, 0) is 25.5 Å². The van der Waals surface area contributed by atoms with Gasteiger partial charge in [-0.15, -0.1) is 0 Å². The Bertz CT molecular complexity index is 350. The molecule has 1 amide bonds. The fraction of sp³-hybridized carbons (Fsp3) is 0.500. The van der Waals surface area contributed by atoms with Crippen LogP contribution in [0.5, 0.6) is 0 Å². The first-order chi connectivity index (χ1) is 8.11. The third-order valence-corrected chi connectivity index (χ3v) is 2.88. The van der Waals surface area contributed by atoms with Crippen molar-refractivity contribution < 1.29 is 9.90 Å². The highest BCUT2D eigenvalue weighted by atomic mass is 16.3. The minimum Gasteiger partial charge on any atom is -0.394 e.